The number of para-hydroxylation sites is 1. The quantitative estimate of drug-likeness (QED) is 0.870. The number of hydrogen-bond acceptors (Lipinski definition) is 2. The Balaban J connectivity index is 2.30. The van der Waals surface area contributed by atoms with Gasteiger partial charge in [-0.05, 0) is 51.3 Å². The molecule has 0 radical (unpaired) electrons. The fraction of sp³-hybridized carbons (Fsp3) is 0.625. The second-order valence-electron chi connectivity index (χ2n) is 5.32. The van der Waals surface area contributed by atoms with Gasteiger partial charge in [-0.1, -0.05) is 25.1 Å². The van der Waals surface area contributed by atoms with E-state index in [1.807, 2.05) is 7.05 Å². The first-order chi connectivity index (χ1) is 8.77. The van der Waals surface area contributed by atoms with E-state index in [4.69, 9.17) is 0 Å². The van der Waals surface area contributed by atoms with Crippen molar-refractivity contribution in [3.8, 4) is 0 Å². The van der Waals surface area contributed by atoms with Crippen LogP contribution in [0.4, 0.5) is 5.69 Å². The van der Waals surface area contributed by atoms with Crippen molar-refractivity contribution >= 4 is 5.69 Å². The molecular weight excluding hydrogens is 220 g/mol. The summed E-state index contributed by atoms with van der Waals surface area (Å²) in [4.78, 5) is 2.63. The van der Waals surface area contributed by atoms with Gasteiger partial charge < -0.3 is 10.2 Å². The van der Waals surface area contributed by atoms with Crippen molar-refractivity contribution in [2.24, 2.45) is 0 Å². The predicted octanol–water partition coefficient (Wildman–Crippen LogP) is 3.74. The Labute approximate surface area is 111 Å². The van der Waals surface area contributed by atoms with Gasteiger partial charge in [0.25, 0.3) is 0 Å². The van der Waals surface area contributed by atoms with Crippen LogP contribution in [0.1, 0.15) is 51.1 Å². The zero-order valence-electron chi connectivity index (χ0n) is 11.9. The topological polar surface area (TPSA) is 15.3 Å². The Bertz CT molecular complexity index is 375. The van der Waals surface area contributed by atoms with Gasteiger partial charge >= 0.3 is 0 Å². The summed E-state index contributed by atoms with van der Waals surface area (Å²) < 4.78 is 0. The summed E-state index contributed by atoms with van der Waals surface area (Å²) in [5.74, 6) is 0. The minimum atomic E-state index is 0.417. The molecule has 1 saturated heterocycles. The van der Waals surface area contributed by atoms with E-state index in [-0.39, 0.29) is 0 Å². The van der Waals surface area contributed by atoms with Crippen LogP contribution in [0.3, 0.4) is 0 Å². The lowest BCUT2D eigenvalue weighted by Gasteiger charge is -2.39. The highest BCUT2D eigenvalue weighted by Gasteiger charge is 2.23. The van der Waals surface area contributed by atoms with Crippen LogP contribution in [0, 0.1) is 0 Å². The fourth-order valence-electron chi connectivity index (χ4n) is 3.01. The molecule has 2 rings (SSSR count). The van der Waals surface area contributed by atoms with E-state index in [1.165, 1.54) is 43.5 Å². The molecule has 0 amide bonds. The van der Waals surface area contributed by atoms with Crippen molar-refractivity contribution in [1.82, 2.24) is 5.32 Å². The molecule has 2 nitrogen and oxygen atoms in total. The standard InChI is InChI=1S/C16H26N2/c1-4-14-9-7-8-12-18(14)16-11-6-5-10-15(16)13(2)17-3/h5-6,10-11,13-14,17H,4,7-9,12H2,1-3H3. The number of anilines is 1. The average Bonchev–Trinajstić information content (AvgIpc) is 2.46. The van der Waals surface area contributed by atoms with Crippen LogP contribution >= 0.6 is 0 Å². The molecule has 1 aromatic carbocycles. The summed E-state index contributed by atoms with van der Waals surface area (Å²) in [6, 6.07) is 10.0. The molecule has 2 atom stereocenters. The van der Waals surface area contributed by atoms with E-state index in [2.05, 4.69) is 48.3 Å². The maximum Gasteiger partial charge on any atom is 0.0417 e. The van der Waals surface area contributed by atoms with Gasteiger partial charge in [0.1, 0.15) is 0 Å². The molecule has 0 aromatic heterocycles. The third kappa shape index (κ3) is 2.69. The number of benzene rings is 1. The molecule has 0 bridgehead atoms. The maximum atomic E-state index is 3.37. The highest BCUT2D eigenvalue weighted by Crippen LogP contribution is 2.32. The van der Waals surface area contributed by atoms with Crippen LogP contribution in [0.5, 0.6) is 0 Å². The molecule has 1 fully saturated rings. The molecule has 1 aliphatic heterocycles. The van der Waals surface area contributed by atoms with Crippen LogP contribution in [0.25, 0.3) is 0 Å². The summed E-state index contributed by atoms with van der Waals surface area (Å²) >= 11 is 0. The predicted molar refractivity (Wildman–Crippen MR) is 79.2 cm³/mol. The van der Waals surface area contributed by atoms with E-state index < -0.39 is 0 Å². The molecule has 1 N–H and O–H groups in total. The Morgan fingerprint density at radius 3 is 2.83 bits per heavy atom. The van der Waals surface area contributed by atoms with Crippen LogP contribution in [0.2, 0.25) is 0 Å². The second kappa shape index (κ2) is 6.24. The molecule has 1 aromatic rings. The van der Waals surface area contributed by atoms with E-state index in [0.717, 1.165) is 6.04 Å². The Morgan fingerprint density at radius 2 is 2.11 bits per heavy atom. The maximum absolute atomic E-state index is 3.37. The fourth-order valence-corrected chi connectivity index (χ4v) is 3.01. The summed E-state index contributed by atoms with van der Waals surface area (Å²) in [5.41, 5.74) is 2.87. The van der Waals surface area contributed by atoms with Crippen molar-refractivity contribution in [2.45, 2.75) is 51.6 Å². The SMILES string of the molecule is CCC1CCCCN1c1ccccc1C(C)NC. The van der Waals surface area contributed by atoms with Gasteiger partial charge in [0.2, 0.25) is 0 Å². The van der Waals surface area contributed by atoms with Crippen molar-refractivity contribution in [1.29, 1.82) is 0 Å². The van der Waals surface area contributed by atoms with Gasteiger partial charge in [0.05, 0.1) is 0 Å². The number of piperidine rings is 1. The molecule has 18 heavy (non-hydrogen) atoms. The number of nitrogens with one attached hydrogen (secondary N) is 1. The van der Waals surface area contributed by atoms with Gasteiger partial charge in [-0.3, -0.25) is 0 Å². The summed E-state index contributed by atoms with van der Waals surface area (Å²) in [6.07, 6.45) is 5.32. The molecule has 0 aliphatic carbocycles. The zero-order chi connectivity index (χ0) is 13.0. The lowest BCUT2D eigenvalue weighted by atomic mass is 9.96. The second-order valence-corrected chi connectivity index (χ2v) is 5.32. The van der Waals surface area contributed by atoms with Crippen LogP contribution < -0.4 is 10.2 Å². The van der Waals surface area contributed by atoms with Crippen LogP contribution in [0.15, 0.2) is 24.3 Å². The van der Waals surface area contributed by atoms with Gasteiger partial charge in [-0.2, -0.15) is 0 Å². The number of hydrogen-bond donors (Lipinski definition) is 1. The van der Waals surface area contributed by atoms with Gasteiger partial charge in [0.15, 0.2) is 0 Å². The molecular formula is C16H26N2. The van der Waals surface area contributed by atoms with Crippen molar-refractivity contribution in [3.05, 3.63) is 29.8 Å². The lowest BCUT2D eigenvalue weighted by molar-refractivity contribution is 0.447. The molecule has 100 valence electrons. The van der Waals surface area contributed by atoms with Crippen molar-refractivity contribution in [2.75, 3.05) is 18.5 Å². The highest BCUT2D eigenvalue weighted by molar-refractivity contribution is 5.56. The lowest BCUT2D eigenvalue weighted by Crippen LogP contribution is -2.40. The third-order valence-corrected chi connectivity index (χ3v) is 4.24. The van der Waals surface area contributed by atoms with Crippen LogP contribution in [-0.4, -0.2) is 19.6 Å². The average molecular weight is 246 g/mol. The Hall–Kier alpha value is -1.02. The monoisotopic (exact) mass is 246 g/mol. The third-order valence-electron chi connectivity index (χ3n) is 4.24. The first-order valence-corrected chi connectivity index (χ1v) is 7.30. The molecule has 2 unspecified atom stereocenters. The minimum absolute atomic E-state index is 0.417. The molecule has 1 heterocycles. The largest absolute Gasteiger partial charge is 0.368 e. The van der Waals surface area contributed by atoms with E-state index in [0.29, 0.717) is 6.04 Å². The van der Waals surface area contributed by atoms with E-state index in [9.17, 15) is 0 Å². The first kappa shape index (κ1) is 13.4. The van der Waals surface area contributed by atoms with Gasteiger partial charge in [-0.25, -0.2) is 0 Å². The highest BCUT2D eigenvalue weighted by atomic mass is 15.2. The molecule has 0 spiro atoms. The number of rotatable bonds is 4. The zero-order valence-corrected chi connectivity index (χ0v) is 11.9. The van der Waals surface area contributed by atoms with Crippen molar-refractivity contribution < 1.29 is 0 Å². The van der Waals surface area contributed by atoms with Gasteiger partial charge in [0, 0.05) is 24.3 Å². The molecule has 0 saturated carbocycles. The normalized spacial score (nSPS) is 21.9. The smallest absolute Gasteiger partial charge is 0.0417 e. The van der Waals surface area contributed by atoms with Gasteiger partial charge in [-0.15, -0.1) is 0 Å². The first-order valence-electron chi connectivity index (χ1n) is 7.30. The molecule has 1 aliphatic rings. The molecule has 2 heteroatoms. The van der Waals surface area contributed by atoms with E-state index in [1.54, 1.807) is 0 Å². The van der Waals surface area contributed by atoms with E-state index >= 15 is 0 Å². The Kier molecular flexibility index (Phi) is 4.65. The Morgan fingerprint density at radius 1 is 1.33 bits per heavy atom. The van der Waals surface area contributed by atoms with Crippen molar-refractivity contribution in [3.63, 3.8) is 0 Å². The summed E-state index contributed by atoms with van der Waals surface area (Å²) in [6.45, 7) is 5.77. The van der Waals surface area contributed by atoms with Crippen LogP contribution in [-0.2, 0) is 0 Å². The number of nitrogens with zero attached hydrogens (tertiary/aromatic N) is 1. The minimum Gasteiger partial charge on any atom is -0.368 e. The summed E-state index contributed by atoms with van der Waals surface area (Å²) in [5, 5.41) is 3.37. The summed E-state index contributed by atoms with van der Waals surface area (Å²) in [7, 11) is 2.04.